The molecule has 1 atom stereocenters. The first-order valence-corrected chi connectivity index (χ1v) is 9.14. The minimum Gasteiger partial charge on any atom is -0.369 e. The normalized spacial score (nSPS) is 21.0. The van der Waals surface area contributed by atoms with Crippen LogP contribution in [0.1, 0.15) is 48.6 Å². The van der Waals surface area contributed by atoms with E-state index in [1.165, 1.54) is 42.6 Å². The molecular weight excluding hydrogens is 296 g/mol. The van der Waals surface area contributed by atoms with Crippen molar-refractivity contribution in [1.82, 2.24) is 15.3 Å². The second-order valence-corrected chi connectivity index (χ2v) is 7.19. The largest absolute Gasteiger partial charge is 0.369 e. The van der Waals surface area contributed by atoms with Gasteiger partial charge in [-0.25, -0.2) is 0 Å². The molecule has 0 radical (unpaired) electrons. The molecule has 0 amide bonds. The predicted octanol–water partition coefficient (Wildman–Crippen LogP) is 3.42. The van der Waals surface area contributed by atoms with Gasteiger partial charge in [-0.3, -0.25) is 9.97 Å². The zero-order valence-electron chi connectivity index (χ0n) is 14.4. The summed E-state index contributed by atoms with van der Waals surface area (Å²) in [5.74, 6) is 0.735. The number of rotatable bonds is 5. The van der Waals surface area contributed by atoms with E-state index in [4.69, 9.17) is 0 Å². The maximum absolute atomic E-state index is 4.68. The van der Waals surface area contributed by atoms with Gasteiger partial charge >= 0.3 is 0 Å². The predicted molar refractivity (Wildman–Crippen MR) is 97.3 cm³/mol. The summed E-state index contributed by atoms with van der Waals surface area (Å²) in [6, 6.07) is 9.28. The van der Waals surface area contributed by atoms with E-state index < -0.39 is 0 Å². The maximum Gasteiger partial charge on any atom is 0.0553 e. The molecule has 24 heavy (non-hydrogen) atoms. The SMILES string of the molecule is Cc1cc(CNC2CCCN(c3ccc(C4CC4)nc3)C2)ccn1. The molecule has 1 N–H and O–H groups in total. The molecule has 2 aliphatic rings. The highest BCUT2D eigenvalue weighted by Crippen LogP contribution is 2.39. The van der Waals surface area contributed by atoms with Crippen LogP contribution in [0.4, 0.5) is 5.69 Å². The van der Waals surface area contributed by atoms with Crippen molar-refractivity contribution in [1.29, 1.82) is 0 Å². The molecule has 1 unspecified atom stereocenters. The van der Waals surface area contributed by atoms with Gasteiger partial charge in [0.15, 0.2) is 0 Å². The summed E-state index contributed by atoms with van der Waals surface area (Å²) in [7, 11) is 0. The molecule has 0 spiro atoms. The van der Waals surface area contributed by atoms with Gasteiger partial charge in [0.25, 0.3) is 0 Å². The number of hydrogen-bond acceptors (Lipinski definition) is 4. The van der Waals surface area contributed by atoms with Crippen molar-refractivity contribution in [2.45, 2.75) is 51.1 Å². The molecule has 1 aliphatic heterocycles. The molecule has 0 aromatic carbocycles. The van der Waals surface area contributed by atoms with E-state index in [9.17, 15) is 0 Å². The minimum absolute atomic E-state index is 0.537. The molecule has 1 aliphatic carbocycles. The van der Waals surface area contributed by atoms with Crippen molar-refractivity contribution in [2.24, 2.45) is 0 Å². The Labute approximate surface area is 144 Å². The first-order chi connectivity index (χ1) is 11.8. The van der Waals surface area contributed by atoms with Crippen LogP contribution < -0.4 is 10.2 Å². The monoisotopic (exact) mass is 322 g/mol. The van der Waals surface area contributed by atoms with Crippen molar-refractivity contribution in [3.8, 4) is 0 Å². The molecule has 2 fully saturated rings. The van der Waals surface area contributed by atoms with Gasteiger partial charge in [0, 0.05) is 49.2 Å². The smallest absolute Gasteiger partial charge is 0.0553 e. The van der Waals surface area contributed by atoms with Crippen molar-refractivity contribution in [3.05, 3.63) is 53.6 Å². The third-order valence-corrected chi connectivity index (χ3v) is 5.11. The van der Waals surface area contributed by atoms with E-state index in [2.05, 4.69) is 50.6 Å². The van der Waals surface area contributed by atoms with Crippen LogP contribution in [0.2, 0.25) is 0 Å². The fourth-order valence-corrected chi connectivity index (χ4v) is 3.56. The highest BCUT2D eigenvalue weighted by atomic mass is 15.2. The van der Waals surface area contributed by atoms with Gasteiger partial charge in [0.1, 0.15) is 0 Å². The Hall–Kier alpha value is -1.94. The fraction of sp³-hybridized carbons (Fsp3) is 0.500. The summed E-state index contributed by atoms with van der Waals surface area (Å²) in [4.78, 5) is 11.4. The molecule has 4 rings (SSSR count). The molecule has 2 aromatic rings. The number of anilines is 1. The molecule has 4 heteroatoms. The van der Waals surface area contributed by atoms with E-state index in [1.54, 1.807) is 0 Å². The summed E-state index contributed by atoms with van der Waals surface area (Å²) in [6.45, 7) is 5.16. The van der Waals surface area contributed by atoms with E-state index >= 15 is 0 Å². The topological polar surface area (TPSA) is 41.0 Å². The lowest BCUT2D eigenvalue weighted by Crippen LogP contribution is -2.45. The van der Waals surface area contributed by atoms with Crippen LogP contribution in [0.25, 0.3) is 0 Å². The minimum atomic E-state index is 0.537. The molecule has 0 bridgehead atoms. The lowest BCUT2D eigenvalue weighted by atomic mass is 10.0. The van der Waals surface area contributed by atoms with Gasteiger partial charge in [0.05, 0.1) is 11.9 Å². The Bertz CT molecular complexity index is 678. The molecule has 1 saturated heterocycles. The van der Waals surface area contributed by atoms with Crippen LogP contribution in [0.5, 0.6) is 0 Å². The van der Waals surface area contributed by atoms with Crippen molar-refractivity contribution < 1.29 is 0 Å². The third-order valence-electron chi connectivity index (χ3n) is 5.11. The molecule has 3 heterocycles. The molecule has 126 valence electrons. The van der Waals surface area contributed by atoms with Crippen LogP contribution >= 0.6 is 0 Å². The first kappa shape index (κ1) is 15.6. The lowest BCUT2D eigenvalue weighted by Gasteiger charge is -2.34. The Morgan fingerprint density at radius 2 is 2.08 bits per heavy atom. The van der Waals surface area contributed by atoms with Gasteiger partial charge in [-0.2, -0.15) is 0 Å². The van der Waals surface area contributed by atoms with Crippen LogP contribution in [-0.2, 0) is 6.54 Å². The van der Waals surface area contributed by atoms with Crippen LogP contribution in [0, 0.1) is 6.92 Å². The van der Waals surface area contributed by atoms with Crippen molar-refractivity contribution >= 4 is 5.69 Å². The van der Waals surface area contributed by atoms with Crippen molar-refractivity contribution in [2.75, 3.05) is 18.0 Å². The van der Waals surface area contributed by atoms with E-state index in [0.29, 0.717) is 6.04 Å². The zero-order valence-corrected chi connectivity index (χ0v) is 14.4. The van der Waals surface area contributed by atoms with Crippen molar-refractivity contribution in [3.63, 3.8) is 0 Å². The average Bonchev–Trinajstić information content (AvgIpc) is 3.46. The molecular formula is C20H26N4. The Kier molecular flexibility index (Phi) is 4.48. The van der Waals surface area contributed by atoms with Gasteiger partial charge in [-0.1, -0.05) is 0 Å². The number of pyridine rings is 2. The molecule has 1 saturated carbocycles. The highest BCUT2D eigenvalue weighted by Gasteiger charge is 2.25. The second-order valence-electron chi connectivity index (χ2n) is 7.19. The number of piperidine rings is 1. The quantitative estimate of drug-likeness (QED) is 0.916. The molecule has 4 nitrogen and oxygen atoms in total. The van der Waals surface area contributed by atoms with Gasteiger partial charge < -0.3 is 10.2 Å². The summed E-state index contributed by atoms with van der Waals surface area (Å²) in [5.41, 5.74) is 4.95. The summed E-state index contributed by atoms with van der Waals surface area (Å²) < 4.78 is 0. The summed E-state index contributed by atoms with van der Waals surface area (Å²) in [6.07, 6.45) is 9.08. The van der Waals surface area contributed by atoms with Gasteiger partial charge in [-0.15, -0.1) is 0 Å². The molecule has 2 aromatic heterocycles. The number of nitrogens with one attached hydrogen (secondary N) is 1. The summed E-state index contributed by atoms with van der Waals surface area (Å²) in [5, 5.41) is 3.71. The summed E-state index contributed by atoms with van der Waals surface area (Å²) >= 11 is 0. The van der Waals surface area contributed by atoms with E-state index in [-0.39, 0.29) is 0 Å². The standard InChI is InChI=1S/C20H26N4/c1-15-11-16(8-9-21-15)12-22-18-3-2-10-24(14-18)19-6-7-20(23-13-19)17-4-5-17/h6-9,11,13,17-18,22H,2-5,10,12,14H2,1H3. The fourth-order valence-electron chi connectivity index (χ4n) is 3.56. The number of hydrogen-bond donors (Lipinski definition) is 1. The lowest BCUT2D eigenvalue weighted by molar-refractivity contribution is 0.421. The average molecular weight is 322 g/mol. The number of aryl methyl sites for hydroxylation is 1. The van der Waals surface area contributed by atoms with Gasteiger partial charge in [0.2, 0.25) is 0 Å². The van der Waals surface area contributed by atoms with E-state index in [0.717, 1.165) is 31.2 Å². The zero-order chi connectivity index (χ0) is 16.4. The van der Waals surface area contributed by atoms with Crippen LogP contribution in [-0.4, -0.2) is 29.1 Å². The highest BCUT2D eigenvalue weighted by molar-refractivity contribution is 5.45. The second kappa shape index (κ2) is 6.89. The number of aromatic nitrogens is 2. The first-order valence-electron chi connectivity index (χ1n) is 9.14. The Balaban J connectivity index is 1.34. The number of nitrogens with zero attached hydrogens (tertiary/aromatic N) is 3. The Morgan fingerprint density at radius 1 is 1.17 bits per heavy atom. The van der Waals surface area contributed by atoms with Crippen LogP contribution in [0.3, 0.4) is 0 Å². The van der Waals surface area contributed by atoms with Gasteiger partial charge in [-0.05, 0) is 62.4 Å². The maximum atomic E-state index is 4.68. The van der Waals surface area contributed by atoms with Crippen LogP contribution in [0.15, 0.2) is 36.7 Å². The Morgan fingerprint density at radius 3 is 2.83 bits per heavy atom. The third kappa shape index (κ3) is 3.75. The van der Waals surface area contributed by atoms with E-state index in [1.807, 2.05) is 13.1 Å².